The van der Waals surface area contributed by atoms with E-state index in [4.69, 9.17) is 0 Å². The van der Waals surface area contributed by atoms with Gasteiger partial charge in [0.25, 0.3) is 0 Å². The normalized spacial score (nSPS) is 9.47. The van der Waals surface area contributed by atoms with E-state index in [0.717, 1.165) is 34.8 Å². The summed E-state index contributed by atoms with van der Waals surface area (Å²) in [6.45, 7) is 0. The topological polar surface area (TPSA) is 34.1 Å². The molecule has 0 N–H and O–H groups in total. The van der Waals surface area contributed by atoms with Crippen molar-refractivity contribution in [3.8, 4) is 11.1 Å². The van der Waals surface area contributed by atoms with Crippen LogP contribution in [0.1, 0.15) is 11.1 Å². The van der Waals surface area contributed by atoms with Crippen LogP contribution in [0, 0.1) is 0 Å². The Morgan fingerprint density at radius 2 is 0.947 bits per heavy atom. The molecule has 0 aliphatic rings. The lowest BCUT2D eigenvalue weighted by molar-refractivity contribution is -0.108. The predicted octanol–water partition coefficient (Wildman–Crippen LogP) is 3.26. The Labute approximate surface area is 118 Å². The van der Waals surface area contributed by atoms with Crippen LogP contribution < -0.4 is 0 Å². The highest BCUT2D eigenvalue weighted by molar-refractivity contribution is 5.85. The van der Waals surface area contributed by atoms with E-state index < -0.39 is 0 Å². The van der Waals surface area contributed by atoms with Crippen LogP contribution in [0.4, 0.5) is 0 Å². The van der Waals surface area contributed by atoms with E-state index in [9.17, 15) is 9.59 Å². The molecule has 98 valence electrons. The highest BCUT2D eigenvalue weighted by Crippen LogP contribution is 2.20. The van der Waals surface area contributed by atoms with Gasteiger partial charge in [0.2, 0.25) is 0 Å². The van der Waals surface area contributed by atoms with Crippen LogP contribution in [-0.4, -0.2) is 12.6 Å². The van der Waals surface area contributed by atoms with Crippen LogP contribution in [0.25, 0.3) is 11.1 Å². The molecule has 0 bridgehead atoms. The summed E-state index contributed by atoms with van der Waals surface area (Å²) in [5, 5.41) is 0. The predicted molar refractivity (Wildman–Crippen MR) is 78.7 cm³/mol. The molecule has 2 rings (SSSR count). The molecule has 0 unspecified atom stereocenters. The van der Waals surface area contributed by atoms with Crippen LogP contribution in [0.2, 0.25) is 0 Å². The SMILES string of the molecule is Cl.O=CCc1ccc(-c2ccc(CC=O)cc2)cc1. The van der Waals surface area contributed by atoms with Gasteiger partial charge in [-0.2, -0.15) is 0 Å². The minimum absolute atomic E-state index is 0. The van der Waals surface area contributed by atoms with Crippen molar-refractivity contribution in [2.45, 2.75) is 12.8 Å². The molecular weight excluding hydrogens is 260 g/mol. The first-order valence-corrected chi connectivity index (χ1v) is 5.89. The number of hydrogen-bond acceptors (Lipinski definition) is 2. The van der Waals surface area contributed by atoms with Gasteiger partial charge in [-0.3, -0.25) is 0 Å². The third-order valence-corrected chi connectivity index (χ3v) is 2.88. The van der Waals surface area contributed by atoms with Crippen molar-refractivity contribution in [2.24, 2.45) is 0 Å². The molecule has 0 aromatic heterocycles. The van der Waals surface area contributed by atoms with Crippen molar-refractivity contribution in [1.82, 2.24) is 0 Å². The Morgan fingerprint density at radius 1 is 0.632 bits per heavy atom. The molecule has 2 aromatic carbocycles. The molecule has 0 fully saturated rings. The zero-order chi connectivity index (χ0) is 12.8. The van der Waals surface area contributed by atoms with Gasteiger partial charge in [-0.25, -0.2) is 0 Å². The summed E-state index contributed by atoms with van der Waals surface area (Å²) in [5.41, 5.74) is 4.27. The van der Waals surface area contributed by atoms with Gasteiger partial charge in [-0.1, -0.05) is 48.5 Å². The second-order valence-corrected chi connectivity index (χ2v) is 4.14. The van der Waals surface area contributed by atoms with Crippen LogP contribution in [0.5, 0.6) is 0 Å². The quantitative estimate of drug-likeness (QED) is 0.784. The fourth-order valence-electron chi connectivity index (χ4n) is 1.86. The Bertz CT molecular complexity index is 478. The summed E-state index contributed by atoms with van der Waals surface area (Å²) in [6.07, 6.45) is 2.73. The Morgan fingerprint density at radius 3 is 1.21 bits per heavy atom. The van der Waals surface area contributed by atoms with Gasteiger partial charge in [-0.15, -0.1) is 12.4 Å². The minimum atomic E-state index is 0. The van der Waals surface area contributed by atoms with Crippen molar-refractivity contribution >= 4 is 25.0 Å². The van der Waals surface area contributed by atoms with E-state index >= 15 is 0 Å². The standard InChI is InChI=1S/C16H14O2.ClH/c17-11-9-13-1-5-15(6-2-13)16-7-3-14(4-8-16)10-12-18;/h1-8,11-12H,9-10H2;1H. The fourth-order valence-corrected chi connectivity index (χ4v) is 1.86. The molecule has 0 heterocycles. The Kier molecular flexibility index (Phi) is 5.97. The van der Waals surface area contributed by atoms with Gasteiger partial charge in [-0.05, 0) is 22.3 Å². The molecule has 0 spiro atoms. The van der Waals surface area contributed by atoms with E-state index in [1.165, 1.54) is 0 Å². The van der Waals surface area contributed by atoms with E-state index in [2.05, 4.69) is 0 Å². The maximum absolute atomic E-state index is 10.4. The largest absolute Gasteiger partial charge is 0.303 e. The lowest BCUT2D eigenvalue weighted by Gasteiger charge is -2.04. The average Bonchev–Trinajstić information content (AvgIpc) is 2.41. The van der Waals surface area contributed by atoms with Crippen molar-refractivity contribution in [3.05, 3.63) is 59.7 Å². The van der Waals surface area contributed by atoms with Crippen LogP contribution >= 0.6 is 12.4 Å². The van der Waals surface area contributed by atoms with Crippen molar-refractivity contribution in [2.75, 3.05) is 0 Å². The number of rotatable bonds is 5. The average molecular weight is 275 g/mol. The lowest BCUT2D eigenvalue weighted by Crippen LogP contribution is -1.87. The van der Waals surface area contributed by atoms with Gasteiger partial charge in [0.15, 0.2) is 0 Å². The summed E-state index contributed by atoms with van der Waals surface area (Å²) >= 11 is 0. The number of hydrogen-bond donors (Lipinski definition) is 0. The van der Waals surface area contributed by atoms with Crippen molar-refractivity contribution < 1.29 is 9.59 Å². The molecule has 0 aliphatic carbocycles. The summed E-state index contributed by atoms with van der Waals surface area (Å²) in [7, 11) is 0. The number of benzene rings is 2. The number of aldehydes is 2. The second kappa shape index (κ2) is 7.49. The van der Waals surface area contributed by atoms with Gasteiger partial charge in [0.1, 0.15) is 12.6 Å². The maximum Gasteiger partial charge on any atom is 0.124 e. The number of carbonyl (C=O) groups is 2. The minimum Gasteiger partial charge on any atom is -0.303 e. The highest BCUT2D eigenvalue weighted by Gasteiger charge is 1.99. The molecule has 0 atom stereocenters. The Hall–Kier alpha value is -1.93. The van der Waals surface area contributed by atoms with E-state index in [1.807, 2.05) is 48.5 Å². The molecule has 0 aliphatic heterocycles. The van der Waals surface area contributed by atoms with Crippen LogP contribution in [-0.2, 0) is 22.4 Å². The molecule has 3 heteroatoms. The lowest BCUT2D eigenvalue weighted by atomic mass is 10.0. The smallest absolute Gasteiger partial charge is 0.124 e. The molecule has 0 amide bonds. The zero-order valence-corrected chi connectivity index (χ0v) is 11.2. The van der Waals surface area contributed by atoms with Crippen LogP contribution in [0.3, 0.4) is 0 Å². The molecule has 0 radical (unpaired) electrons. The summed E-state index contributed by atoms with van der Waals surface area (Å²) in [5.74, 6) is 0. The first-order chi connectivity index (χ1) is 8.83. The van der Waals surface area contributed by atoms with E-state index in [-0.39, 0.29) is 12.4 Å². The first kappa shape index (κ1) is 15.1. The maximum atomic E-state index is 10.4. The zero-order valence-electron chi connectivity index (χ0n) is 10.4. The van der Waals surface area contributed by atoms with Gasteiger partial charge >= 0.3 is 0 Å². The monoisotopic (exact) mass is 274 g/mol. The Balaban J connectivity index is 0.00000180. The fraction of sp³-hybridized carbons (Fsp3) is 0.125. The van der Waals surface area contributed by atoms with Gasteiger partial charge < -0.3 is 9.59 Å². The second-order valence-electron chi connectivity index (χ2n) is 4.14. The van der Waals surface area contributed by atoms with Gasteiger partial charge in [0.05, 0.1) is 0 Å². The van der Waals surface area contributed by atoms with Crippen LogP contribution in [0.15, 0.2) is 48.5 Å². The molecule has 0 saturated heterocycles. The van der Waals surface area contributed by atoms with E-state index in [1.54, 1.807) is 0 Å². The summed E-state index contributed by atoms with van der Waals surface area (Å²) in [6, 6.07) is 15.9. The highest BCUT2D eigenvalue weighted by atomic mass is 35.5. The molecular formula is C16H15ClO2. The molecule has 2 nitrogen and oxygen atoms in total. The third-order valence-electron chi connectivity index (χ3n) is 2.88. The molecule has 0 saturated carbocycles. The van der Waals surface area contributed by atoms with Crippen molar-refractivity contribution in [3.63, 3.8) is 0 Å². The molecule has 2 aromatic rings. The van der Waals surface area contributed by atoms with Gasteiger partial charge in [0, 0.05) is 12.8 Å². The molecule has 19 heavy (non-hydrogen) atoms. The van der Waals surface area contributed by atoms with E-state index in [0.29, 0.717) is 12.8 Å². The van der Waals surface area contributed by atoms with Crippen molar-refractivity contribution in [1.29, 1.82) is 0 Å². The summed E-state index contributed by atoms with van der Waals surface area (Å²) in [4.78, 5) is 20.8. The number of halogens is 1. The summed E-state index contributed by atoms with van der Waals surface area (Å²) < 4.78 is 0. The number of carbonyl (C=O) groups excluding carboxylic acids is 2. The third kappa shape index (κ3) is 4.04. The first-order valence-electron chi connectivity index (χ1n) is 5.89.